The van der Waals surface area contributed by atoms with Crippen molar-refractivity contribution in [3.8, 4) is 0 Å². The third-order valence-corrected chi connectivity index (χ3v) is 4.65. The minimum Gasteiger partial charge on any atom is -0.362 e. The molecular formula is C16H23Cl2N3S. The van der Waals surface area contributed by atoms with Gasteiger partial charge >= 0.3 is 0 Å². The molecule has 0 aromatic heterocycles. The van der Waals surface area contributed by atoms with Crippen molar-refractivity contribution >= 4 is 46.2 Å². The van der Waals surface area contributed by atoms with Crippen LogP contribution in [0.15, 0.2) is 18.2 Å². The second-order valence-corrected chi connectivity index (χ2v) is 7.05. The number of nitrogens with one attached hydrogen (secondary N) is 2. The number of rotatable bonds is 5. The van der Waals surface area contributed by atoms with E-state index in [0.717, 1.165) is 25.2 Å². The highest BCUT2D eigenvalue weighted by atomic mass is 35.5. The molecule has 1 aromatic carbocycles. The topological polar surface area (TPSA) is 27.3 Å². The van der Waals surface area contributed by atoms with Crippen LogP contribution >= 0.6 is 35.4 Å². The van der Waals surface area contributed by atoms with Gasteiger partial charge in [-0.05, 0) is 63.1 Å². The van der Waals surface area contributed by atoms with Crippen molar-refractivity contribution in [1.82, 2.24) is 10.2 Å². The molecule has 1 fully saturated rings. The summed E-state index contributed by atoms with van der Waals surface area (Å²) in [7, 11) is 0. The fraction of sp³-hybridized carbons (Fsp3) is 0.562. The molecule has 1 aliphatic heterocycles. The molecule has 1 saturated heterocycles. The Morgan fingerprint density at radius 3 is 2.68 bits per heavy atom. The summed E-state index contributed by atoms with van der Waals surface area (Å²) in [4.78, 5) is 2.57. The lowest BCUT2D eigenvalue weighted by Gasteiger charge is -2.33. The molecule has 0 unspecified atom stereocenters. The molecule has 6 heteroatoms. The summed E-state index contributed by atoms with van der Waals surface area (Å²) in [5, 5.41) is 8.13. The van der Waals surface area contributed by atoms with E-state index in [1.807, 2.05) is 0 Å². The predicted molar refractivity (Wildman–Crippen MR) is 100 cm³/mol. The van der Waals surface area contributed by atoms with E-state index in [2.05, 4.69) is 22.5 Å². The average Bonchev–Trinajstić information content (AvgIpc) is 2.44. The van der Waals surface area contributed by atoms with Gasteiger partial charge in [-0.25, -0.2) is 0 Å². The monoisotopic (exact) mass is 359 g/mol. The van der Waals surface area contributed by atoms with E-state index in [1.54, 1.807) is 18.2 Å². The normalized spacial score (nSPS) is 19.0. The predicted octanol–water partition coefficient (Wildman–Crippen LogP) is 4.54. The summed E-state index contributed by atoms with van der Waals surface area (Å²) in [6.07, 6.45) is 5.10. The van der Waals surface area contributed by atoms with E-state index in [9.17, 15) is 0 Å². The van der Waals surface area contributed by atoms with Crippen molar-refractivity contribution in [2.24, 2.45) is 0 Å². The lowest BCUT2D eigenvalue weighted by atomic mass is 10.0. The molecule has 122 valence electrons. The van der Waals surface area contributed by atoms with Gasteiger partial charge in [0.1, 0.15) is 0 Å². The highest BCUT2D eigenvalue weighted by molar-refractivity contribution is 7.80. The maximum atomic E-state index is 5.97. The lowest BCUT2D eigenvalue weighted by molar-refractivity contribution is 0.159. The van der Waals surface area contributed by atoms with Crippen LogP contribution in [-0.2, 0) is 0 Å². The van der Waals surface area contributed by atoms with E-state index in [-0.39, 0.29) is 0 Å². The van der Waals surface area contributed by atoms with E-state index < -0.39 is 0 Å². The molecule has 0 bridgehead atoms. The Bertz CT molecular complexity index is 490. The van der Waals surface area contributed by atoms with Gasteiger partial charge in [0.25, 0.3) is 0 Å². The van der Waals surface area contributed by atoms with Crippen molar-refractivity contribution in [3.63, 3.8) is 0 Å². The fourth-order valence-electron chi connectivity index (χ4n) is 2.78. The molecule has 3 nitrogen and oxygen atoms in total. The molecule has 0 spiro atoms. The van der Waals surface area contributed by atoms with Crippen molar-refractivity contribution < 1.29 is 0 Å². The number of thiocarbonyl (C=S) groups is 1. The molecule has 0 radical (unpaired) electrons. The molecule has 2 rings (SSSR count). The Labute approximate surface area is 148 Å². The average molecular weight is 360 g/mol. The van der Waals surface area contributed by atoms with Crippen LogP contribution in [0.1, 0.15) is 32.6 Å². The Hall–Kier alpha value is -0.550. The van der Waals surface area contributed by atoms with Gasteiger partial charge in [0.05, 0.1) is 0 Å². The second kappa shape index (κ2) is 8.92. The standard InChI is InChI=1S/C16H23Cl2N3S/c1-12-5-2-3-7-21(12)8-4-6-19-16(22)20-15-10-13(17)9-14(18)11-15/h9-12H,2-8H2,1H3,(H2,19,20,22)/t12-/m0/s1. The van der Waals surface area contributed by atoms with E-state index >= 15 is 0 Å². The Morgan fingerprint density at radius 2 is 2.00 bits per heavy atom. The fourth-order valence-corrected chi connectivity index (χ4v) is 3.52. The van der Waals surface area contributed by atoms with Crippen molar-refractivity contribution in [1.29, 1.82) is 0 Å². The van der Waals surface area contributed by atoms with Gasteiger partial charge in [-0.1, -0.05) is 29.6 Å². The van der Waals surface area contributed by atoms with Gasteiger partial charge in [0, 0.05) is 34.9 Å². The second-order valence-electron chi connectivity index (χ2n) is 5.77. The number of anilines is 1. The number of hydrogen-bond acceptors (Lipinski definition) is 2. The Balaban J connectivity index is 1.67. The summed E-state index contributed by atoms with van der Waals surface area (Å²) < 4.78 is 0. The zero-order valence-corrected chi connectivity index (χ0v) is 15.2. The molecule has 22 heavy (non-hydrogen) atoms. The van der Waals surface area contributed by atoms with Gasteiger partial charge in [0.2, 0.25) is 0 Å². The Kier molecular flexibility index (Phi) is 7.22. The van der Waals surface area contributed by atoms with Crippen molar-refractivity contribution in [3.05, 3.63) is 28.2 Å². The molecule has 0 aliphatic carbocycles. The number of nitrogens with zero attached hydrogens (tertiary/aromatic N) is 1. The third kappa shape index (κ3) is 5.92. The lowest BCUT2D eigenvalue weighted by Crippen LogP contribution is -2.39. The van der Waals surface area contributed by atoms with Crippen LogP contribution in [-0.4, -0.2) is 35.7 Å². The molecule has 0 amide bonds. The zero-order chi connectivity index (χ0) is 15.9. The largest absolute Gasteiger partial charge is 0.362 e. The van der Waals surface area contributed by atoms with Crippen LogP contribution in [0.3, 0.4) is 0 Å². The van der Waals surface area contributed by atoms with Gasteiger partial charge in [-0.3, -0.25) is 0 Å². The summed E-state index contributed by atoms with van der Waals surface area (Å²) in [6.45, 7) is 5.54. The van der Waals surface area contributed by atoms with Crippen LogP contribution in [0, 0.1) is 0 Å². The number of hydrogen-bond donors (Lipinski definition) is 2. The highest BCUT2D eigenvalue weighted by Crippen LogP contribution is 2.22. The summed E-state index contributed by atoms with van der Waals surface area (Å²) in [6, 6.07) is 6.02. The van der Waals surface area contributed by atoms with Gasteiger partial charge in [-0.15, -0.1) is 0 Å². The van der Waals surface area contributed by atoms with Gasteiger partial charge < -0.3 is 15.5 Å². The SMILES string of the molecule is C[C@H]1CCCCN1CCCNC(=S)Nc1cc(Cl)cc(Cl)c1. The minimum atomic E-state index is 0.594. The van der Waals surface area contributed by atoms with Crippen molar-refractivity contribution in [2.75, 3.05) is 25.0 Å². The quantitative estimate of drug-likeness (QED) is 0.595. The number of benzene rings is 1. The molecule has 1 heterocycles. The minimum absolute atomic E-state index is 0.594. The summed E-state index contributed by atoms with van der Waals surface area (Å²) >= 11 is 17.2. The Morgan fingerprint density at radius 1 is 1.27 bits per heavy atom. The molecule has 0 saturated carbocycles. The first kappa shape index (κ1) is 17.8. The first-order chi connectivity index (χ1) is 10.5. The highest BCUT2D eigenvalue weighted by Gasteiger charge is 2.16. The molecular weight excluding hydrogens is 337 g/mol. The van der Waals surface area contributed by atoms with Gasteiger partial charge in [-0.2, -0.15) is 0 Å². The van der Waals surface area contributed by atoms with E-state index in [4.69, 9.17) is 35.4 Å². The van der Waals surface area contributed by atoms with E-state index in [0.29, 0.717) is 21.2 Å². The third-order valence-electron chi connectivity index (χ3n) is 3.97. The molecule has 2 N–H and O–H groups in total. The number of piperidine rings is 1. The van der Waals surface area contributed by atoms with Gasteiger partial charge in [0.15, 0.2) is 5.11 Å². The van der Waals surface area contributed by atoms with E-state index in [1.165, 1.54) is 25.8 Å². The maximum absolute atomic E-state index is 5.97. The first-order valence-electron chi connectivity index (χ1n) is 7.79. The van der Waals surface area contributed by atoms with Crippen LogP contribution in [0.5, 0.6) is 0 Å². The smallest absolute Gasteiger partial charge is 0.170 e. The molecule has 1 atom stereocenters. The molecule has 1 aromatic rings. The van der Waals surface area contributed by atoms with Crippen LogP contribution in [0.25, 0.3) is 0 Å². The number of likely N-dealkylation sites (tertiary alicyclic amines) is 1. The van der Waals surface area contributed by atoms with Crippen LogP contribution in [0.4, 0.5) is 5.69 Å². The molecule has 1 aliphatic rings. The van der Waals surface area contributed by atoms with Crippen LogP contribution in [0.2, 0.25) is 10.0 Å². The zero-order valence-electron chi connectivity index (χ0n) is 12.9. The summed E-state index contributed by atoms with van der Waals surface area (Å²) in [5.74, 6) is 0. The number of halogens is 2. The summed E-state index contributed by atoms with van der Waals surface area (Å²) in [5.41, 5.74) is 0.805. The van der Waals surface area contributed by atoms with Crippen LogP contribution < -0.4 is 10.6 Å². The first-order valence-corrected chi connectivity index (χ1v) is 8.96. The maximum Gasteiger partial charge on any atom is 0.170 e. The van der Waals surface area contributed by atoms with Crippen molar-refractivity contribution in [2.45, 2.75) is 38.6 Å².